The highest BCUT2D eigenvalue weighted by Crippen LogP contribution is 2.19. The molecule has 1 atom stereocenters. The van der Waals surface area contributed by atoms with E-state index < -0.39 is 9.84 Å². The Balaban J connectivity index is 2.85. The lowest BCUT2D eigenvalue weighted by molar-refractivity contribution is 0.598. The van der Waals surface area contributed by atoms with Gasteiger partial charge in [-0.3, -0.25) is 0 Å². The second-order valence-corrected chi connectivity index (χ2v) is 6.71. The first-order chi connectivity index (χ1) is 7.69. The minimum absolute atomic E-state index is 0.0257. The number of hydrogen-bond acceptors (Lipinski definition) is 5. The first-order valence-corrected chi connectivity index (χ1v) is 7.58. The zero-order valence-corrected chi connectivity index (χ0v) is 11.9. The number of aromatic nitrogens is 2. The molecular weight excluding hydrogens is 262 g/mol. The summed E-state index contributed by atoms with van der Waals surface area (Å²) in [5, 5.41) is 3.21. The number of nitrogens with one attached hydrogen (secondary N) is 1. The Morgan fingerprint density at radius 2 is 1.82 bits per heavy atom. The quantitative estimate of drug-likeness (QED) is 0.905. The molecule has 7 heteroatoms. The smallest absolute Gasteiger partial charge is 0.171 e. The number of anilines is 1. The highest BCUT2D eigenvalue weighted by molar-refractivity contribution is 7.90. The van der Waals surface area contributed by atoms with E-state index in [2.05, 4.69) is 15.3 Å². The maximum Gasteiger partial charge on any atom is 0.171 e. The molecule has 0 aromatic carbocycles. The Kier molecular flexibility index (Phi) is 4.32. The monoisotopic (exact) mass is 277 g/mol. The van der Waals surface area contributed by atoms with Gasteiger partial charge in [0.25, 0.3) is 0 Å². The summed E-state index contributed by atoms with van der Waals surface area (Å²) in [6.07, 6.45) is 1.19. The minimum Gasteiger partial charge on any atom is -0.364 e. The summed E-state index contributed by atoms with van der Waals surface area (Å²) in [4.78, 5) is 8.36. The minimum atomic E-state index is -3.03. The third-order valence-electron chi connectivity index (χ3n) is 2.20. The third kappa shape index (κ3) is 4.47. The summed E-state index contributed by atoms with van der Waals surface area (Å²) >= 11 is 5.93. The Morgan fingerprint density at radius 3 is 2.35 bits per heavy atom. The van der Waals surface area contributed by atoms with Crippen LogP contribution in [0.5, 0.6) is 0 Å². The van der Waals surface area contributed by atoms with Crippen molar-refractivity contribution >= 4 is 27.3 Å². The van der Waals surface area contributed by atoms with Gasteiger partial charge >= 0.3 is 0 Å². The molecule has 1 unspecified atom stereocenters. The van der Waals surface area contributed by atoms with Crippen LogP contribution in [0.15, 0.2) is 0 Å². The molecule has 5 nitrogen and oxygen atoms in total. The topological polar surface area (TPSA) is 72.0 Å². The Bertz CT molecular complexity index is 517. The van der Waals surface area contributed by atoms with Crippen LogP contribution in [0, 0.1) is 13.8 Å². The maximum atomic E-state index is 11.1. The molecule has 0 amide bonds. The Labute approximate surface area is 107 Å². The molecule has 1 N–H and O–H groups in total. The average molecular weight is 278 g/mol. The van der Waals surface area contributed by atoms with Crippen molar-refractivity contribution in [2.45, 2.75) is 26.8 Å². The molecule has 1 aromatic rings. The van der Waals surface area contributed by atoms with E-state index >= 15 is 0 Å². The summed E-state index contributed by atoms with van der Waals surface area (Å²) in [6.45, 7) is 5.40. The Hall–Kier alpha value is -0.880. The molecule has 0 aliphatic heterocycles. The van der Waals surface area contributed by atoms with Crippen molar-refractivity contribution in [3.8, 4) is 0 Å². The van der Waals surface area contributed by atoms with E-state index in [1.807, 2.05) is 13.8 Å². The number of halogens is 1. The van der Waals surface area contributed by atoms with Crippen molar-refractivity contribution in [2.75, 3.05) is 17.3 Å². The number of rotatable bonds is 4. The van der Waals surface area contributed by atoms with Crippen molar-refractivity contribution < 1.29 is 8.42 Å². The summed E-state index contributed by atoms with van der Waals surface area (Å²) in [5.41, 5.74) is 1.53. The molecule has 0 fully saturated rings. The van der Waals surface area contributed by atoms with Crippen molar-refractivity contribution in [3.05, 3.63) is 16.5 Å². The van der Waals surface area contributed by atoms with Gasteiger partial charge in [0.1, 0.15) is 9.84 Å². The van der Waals surface area contributed by atoms with Gasteiger partial charge in [-0.15, -0.1) is 0 Å². The number of aryl methyl sites for hydroxylation is 2. The van der Waals surface area contributed by atoms with Crippen molar-refractivity contribution in [1.82, 2.24) is 9.97 Å². The molecule has 96 valence electrons. The lowest BCUT2D eigenvalue weighted by atomic mass is 10.3. The molecule has 0 aliphatic rings. The molecule has 0 aliphatic carbocycles. The summed E-state index contributed by atoms with van der Waals surface area (Å²) in [6, 6.07) is -0.265. The van der Waals surface area contributed by atoms with Crippen LogP contribution in [0.3, 0.4) is 0 Å². The van der Waals surface area contributed by atoms with Crippen molar-refractivity contribution in [1.29, 1.82) is 0 Å². The fourth-order valence-electron chi connectivity index (χ4n) is 1.40. The van der Waals surface area contributed by atoms with Crippen LogP contribution in [0.25, 0.3) is 0 Å². The number of hydrogen-bond donors (Lipinski definition) is 1. The van der Waals surface area contributed by atoms with Gasteiger partial charge in [-0.1, -0.05) is 11.6 Å². The number of sulfone groups is 1. The molecular formula is C10H16ClN3O2S. The standard InChI is InChI=1S/C10H16ClN3O2S/c1-6(5-17(4,15)16)12-10-9(11)13-7(2)8(3)14-10/h6H,5H2,1-4H3,(H,12,14). The largest absolute Gasteiger partial charge is 0.364 e. The molecule has 0 saturated carbocycles. The van der Waals surface area contributed by atoms with Gasteiger partial charge in [-0.05, 0) is 20.8 Å². The first-order valence-electron chi connectivity index (χ1n) is 5.14. The highest BCUT2D eigenvalue weighted by Gasteiger charge is 2.14. The average Bonchev–Trinajstić information content (AvgIpc) is 2.11. The molecule has 0 radical (unpaired) electrons. The van der Waals surface area contributed by atoms with Gasteiger partial charge in [0.05, 0.1) is 17.1 Å². The van der Waals surface area contributed by atoms with Crippen LogP contribution in [-0.4, -0.2) is 36.4 Å². The second kappa shape index (κ2) is 5.18. The van der Waals surface area contributed by atoms with Crippen LogP contribution >= 0.6 is 11.6 Å². The first kappa shape index (κ1) is 14.2. The molecule has 1 aromatic heterocycles. The Morgan fingerprint density at radius 1 is 1.29 bits per heavy atom. The third-order valence-corrected chi connectivity index (χ3v) is 3.57. The van der Waals surface area contributed by atoms with Gasteiger partial charge in [0.15, 0.2) is 11.0 Å². The lowest BCUT2D eigenvalue weighted by Gasteiger charge is -2.15. The normalized spacial score (nSPS) is 13.5. The van der Waals surface area contributed by atoms with Gasteiger partial charge < -0.3 is 5.32 Å². The zero-order chi connectivity index (χ0) is 13.2. The van der Waals surface area contributed by atoms with E-state index in [4.69, 9.17) is 11.6 Å². The summed E-state index contributed by atoms with van der Waals surface area (Å²) in [5.74, 6) is 0.448. The van der Waals surface area contributed by atoms with E-state index in [0.29, 0.717) is 5.82 Å². The fraction of sp³-hybridized carbons (Fsp3) is 0.600. The van der Waals surface area contributed by atoms with E-state index in [9.17, 15) is 8.42 Å². The van der Waals surface area contributed by atoms with Crippen LogP contribution in [0.1, 0.15) is 18.3 Å². The lowest BCUT2D eigenvalue weighted by Crippen LogP contribution is -2.26. The van der Waals surface area contributed by atoms with Gasteiger partial charge in [-0.2, -0.15) is 0 Å². The number of nitrogens with zero attached hydrogens (tertiary/aromatic N) is 2. The second-order valence-electron chi connectivity index (χ2n) is 4.17. The molecule has 0 saturated heterocycles. The molecule has 17 heavy (non-hydrogen) atoms. The highest BCUT2D eigenvalue weighted by atomic mass is 35.5. The van der Waals surface area contributed by atoms with E-state index in [-0.39, 0.29) is 16.9 Å². The van der Waals surface area contributed by atoms with E-state index in [0.717, 1.165) is 11.4 Å². The summed E-state index contributed by atoms with van der Waals surface area (Å²) < 4.78 is 22.3. The fourth-order valence-corrected chi connectivity index (χ4v) is 2.61. The zero-order valence-electron chi connectivity index (χ0n) is 10.3. The molecule has 0 bridgehead atoms. The van der Waals surface area contributed by atoms with E-state index in [1.54, 1.807) is 6.92 Å². The SMILES string of the molecule is Cc1nc(Cl)c(NC(C)CS(C)(=O)=O)nc1C. The predicted molar refractivity (Wildman–Crippen MR) is 69.3 cm³/mol. The summed E-state index contributed by atoms with van der Waals surface area (Å²) in [7, 11) is -3.03. The van der Waals surface area contributed by atoms with Crippen LogP contribution in [0.4, 0.5) is 5.82 Å². The van der Waals surface area contributed by atoms with Crippen LogP contribution in [-0.2, 0) is 9.84 Å². The van der Waals surface area contributed by atoms with E-state index in [1.165, 1.54) is 6.26 Å². The van der Waals surface area contributed by atoms with Crippen LogP contribution in [0.2, 0.25) is 5.15 Å². The van der Waals surface area contributed by atoms with Gasteiger partial charge in [-0.25, -0.2) is 18.4 Å². The predicted octanol–water partition coefficient (Wildman–Crippen LogP) is 1.59. The maximum absolute atomic E-state index is 11.1. The van der Waals surface area contributed by atoms with Crippen molar-refractivity contribution in [2.24, 2.45) is 0 Å². The molecule has 1 heterocycles. The van der Waals surface area contributed by atoms with Gasteiger partial charge in [0.2, 0.25) is 0 Å². The van der Waals surface area contributed by atoms with Gasteiger partial charge in [0, 0.05) is 12.3 Å². The van der Waals surface area contributed by atoms with Crippen LogP contribution < -0.4 is 5.32 Å². The molecule has 1 rings (SSSR count). The molecule has 0 spiro atoms. The van der Waals surface area contributed by atoms with Crippen molar-refractivity contribution in [3.63, 3.8) is 0 Å².